The molecule has 104 valence electrons. The van der Waals surface area contributed by atoms with E-state index in [1.165, 1.54) is 0 Å². The van der Waals surface area contributed by atoms with E-state index in [-0.39, 0.29) is 5.92 Å². The van der Waals surface area contributed by atoms with E-state index in [9.17, 15) is 10.4 Å². The molecular weight excluding hydrogens is 262 g/mol. The number of aliphatic hydroxyl groups is 1. The van der Waals surface area contributed by atoms with E-state index in [0.29, 0.717) is 17.8 Å². The maximum Gasteiger partial charge on any atom is 0.198 e. The fourth-order valence-corrected chi connectivity index (χ4v) is 2.66. The second kappa shape index (κ2) is 5.82. The van der Waals surface area contributed by atoms with Crippen LogP contribution in [0.5, 0.6) is 0 Å². The Morgan fingerprint density at radius 1 is 1.00 bits per heavy atom. The minimum atomic E-state index is -0.900. The van der Waals surface area contributed by atoms with Gasteiger partial charge >= 0.3 is 0 Å². The zero-order valence-electron chi connectivity index (χ0n) is 11.4. The van der Waals surface area contributed by atoms with Crippen molar-refractivity contribution >= 4 is 5.76 Å². The summed E-state index contributed by atoms with van der Waals surface area (Å²) < 4.78 is 5.54. The summed E-state index contributed by atoms with van der Waals surface area (Å²) in [4.78, 5) is 0. The monoisotopic (exact) mass is 277 g/mol. The first kappa shape index (κ1) is 13.4. The summed E-state index contributed by atoms with van der Waals surface area (Å²) in [5, 5.41) is 19.6. The molecule has 2 aromatic rings. The minimum absolute atomic E-state index is 0.143. The minimum Gasteiger partial charge on any atom is -0.463 e. The van der Waals surface area contributed by atoms with Gasteiger partial charge in [-0.3, -0.25) is 0 Å². The molecule has 0 aliphatic carbocycles. The molecule has 0 saturated heterocycles. The predicted octanol–water partition coefficient (Wildman–Crippen LogP) is 3.44. The fourth-order valence-electron chi connectivity index (χ4n) is 2.66. The molecule has 3 nitrogen and oxygen atoms in total. The third kappa shape index (κ3) is 2.67. The van der Waals surface area contributed by atoms with Crippen molar-refractivity contribution in [1.29, 1.82) is 5.26 Å². The van der Waals surface area contributed by atoms with E-state index in [1.807, 2.05) is 60.7 Å². The zero-order chi connectivity index (χ0) is 14.7. The Bertz CT molecular complexity index is 686. The van der Waals surface area contributed by atoms with Crippen molar-refractivity contribution < 1.29 is 9.84 Å². The first-order valence-electron chi connectivity index (χ1n) is 6.89. The van der Waals surface area contributed by atoms with E-state index < -0.39 is 6.29 Å². The normalized spacial score (nSPS) is 21.5. The summed E-state index contributed by atoms with van der Waals surface area (Å²) in [7, 11) is 0. The largest absolute Gasteiger partial charge is 0.463 e. The molecule has 0 amide bonds. The molecule has 2 unspecified atom stereocenters. The number of aliphatic hydroxyl groups excluding tert-OH is 1. The Balaban J connectivity index is 2.11. The highest BCUT2D eigenvalue weighted by atomic mass is 16.6. The number of ether oxygens (including phenoxy) is 1. The molecule has 1 aliphatic heterocycles. The number of hydrogen-bond donors (Lipinski definition) is 1. The lowest BCUT2D eigenvalue weighted by Gasteiger charge is -2.29. The Morgan fingerprint density at radius 2 is 1.62 bits per heavy atom. The van der Waals surface area contributed by atoms with Gasteiger partial charge in [-0.2, -0.15) is 5.26 Å². The number of rotatable bonds is 2. The van der Waals surface area contributed by atoms with Gasteiger partial charge in [0, 0.05) is 17.9 Å². The smallest absolute Gasteiger partial charge is 0.198 e. The van der Waals surface area contributed by atoms with Crippen LogP contribution >= 0.6 is 0 Å². The first-order valence-corrected chi connectivity index (χ1v) is 6.89. The van der Waals surface area contributed by atoms with Crippen molar-refractivity contribution in [2.45, 2.75) is 18.6 Å². The van der Waals surface area contributed by atoms with Crippen LogP contribution in [0.3, 0.4) is 0 Å². The molecule has 0 bridgehead atoms. The van der Waals surface area contributed by atoms with Gasteiger partial charge in [-0.15, -0.1) is 0 Å². The molecule has 1 aliphatic rings. The van der Waals surface area contributed by atoms with E-state index in [1.54, 1.807) is 0 Å². The highest BCUT2D eigenvalue weighted by Gasteiger charge is 2.31. The second-order valence-corrected chi connectivity index (χ2v) is 4.99. The molecule has 2 aromatic carbocycles. The molecule has 1 N–H and O–H groups in total. The number of allylic oxidation sites excluding steroid dienone is 1. The van der Waals surface area contributed by atoms with Crippen molar-refractivity contribution in [1.82, 2.24) is 0 Å². The molecule has 2 atom stereocenters. The van der Waals surface area contributed by atoms with Gasteiger partial charge in [-0.05, 0) is 5.56 Å². The highest BCUT2D eigenvalue weighted by molar-refractivity contribution is 5.69. The van der Waals surface area contributed by atoms with Crippen molar-refractivity contribution in [2.75, 3.05) is 0 Å². The third-order valence-corrected chi connectivity index (χ3v) is 3.64. The molecule has 3 heteroatoms. The average Bonchev–Trinajstić information content (AvgIpc) is 2.55. The molecule has 0 spiro atoms. The van der Waals surface area contributed by atoms with E-state index in [4.69, 9.17) is 4.74 Å². The van der Waals surface area contributed by atoms with Gasteiger partial charge in [0.05, 0.1) is 11.6 Å². The van der Waals surface area contributed by atoms with Gasteiger partial charge in [0.15, 0.2) is 6.29 Å². The first-order chi connectivity index (χ1) is 10.3. The lowest BCUT2D eigenvalue weighted by molar-refractivity contribution is -0.0545. The predicted molar refractivity (Wildman–Crippen MR) is 79.9 cm³/mol. The van der Waals surface area contributed by atoms with Gasteiger partial charge < -0.3 is 9.84 Å². The lowest BCUT2D eigenvalue weighted by Crippen LogP contribution is -2.23. The number of benzene rings is 2. The summed E-state index contributed by atoms with van der Waals surface area (Å²) >= 11 is 0. The average molecular weight is 277 g/mol. The van der Waals surface area contributed by atoms with Crippen LogP contribution < -0.4 is 0 Å². The molecule has 0 fully saturated rings. The van der Waals surface area contributed by atoms with Crippen LogP contribution in [0.15, 0.2) is 66.2 Å². The van der Waals surface area contributed by atoms with Gasteiger partial charge in [-0.1, -0.05) is 60.7 Å². The Kier molecular flexibility index (Phi) is 3.72. The molecule has 0 saturated carbocycles. The van der Waals surface area contributed by atoms with Gasteiger partial charge in [-0.25, -0.2) is 0 Å². The maximum atomic E-state index is 10.0. The van der Waals surface area contributed by atoms with Crippen molar-refractivity contribution in [3.8, 4) is 6.07 Å². The summed E-state index contributed by atoms with van der Waals surface area (Å²) in [6, 6.07) is 21.5. The van der Waals surface area contributed by atoms with E-state index in [0.717, 1.165) is 11.1 Å². The standard InChI is InChI=1S/C18H15NO2/c19-12-16-15(13-7-3-1-4-8-13)11-17(20)21-18(16)14-9-5-2-6-10-14/h1-10,15,17,20H,11H2. The Labute approximate surface area is 123 Å². The number of hydrogen-bond acceptors (Lipinski definition) is 3. The fraction of sp³-hybridized carbons (Fsp3) is 0.167. The van der Waals surface area contributed by atoms with Crippen LogP contribution in [0, 0.1) is 11.3 Å². The summed E-state index contributed by atoms with van der Waals surface area (Å²) in [6.45, 7) is 0. The molecule has 0 aromatic heterocycles. The van der Waals surface area contributed by atoms with Gasteiger partial charge in [0.2, 0.25) is 0 Å². The van der Waals surface area contributed by atoms with E-state index >= 15 is 0 Å². The van der Waals surface area contributed by atoms with Gasteiger partial charge in [0.25, 0.3) is 0 Å². The molecule has 0 radical (unpaired) electrons. The quantitative estimate of drug-likeness (QED) is 0.914. The van der Waals surface area contributed by atoms with E-state index in [2.05, 4.69) is 6.07 Å². The van der Waals surface area contributed by atoms with Crippen molar-refractivity contribution in [2.24, 2.45) is 0 Å². The second-order valence-electron chi connectivity index (χ2n) is 4.99. The highest BCUT2D eigenvalue weighted by Crippen LogP contribution is 2.39. The lowest BCUT2D eigenvalue weighted by atomic mass is 9.85. The van der Waals surface area contributed by atoms with Crippen LogP contribution in [-0.2, 0) is 4.74 Å². The van der Waals surface area contributed by atoms with Crippen molar-refractivity contribution in [3.63, 3.8) is 0 Å². The molecular formula is C18H15NO2. The SMILES string of the molecule is N#CC1=C(c2ccccc2)OC(O)CC1c1ccccc1. The summed E-state index contributed by atoms with van der Waals surface area (Å²) in [6.07, 6.45) is -0.508. The summed E-state index contributed by atoms with van der Waals surface area (Å²) in [5.74, 6) is 0.334. The topological polar surface area (TPSA) is 53.2 Å². The molecule has 1 heterocycles. The molecule has 21 heavy (non-hydrogen) atoms. The van der Waals surface area contributed by atoms with Crippen molar-refractivity contribution in [3.05, 3.63) is 77.4 Å². The Hall–Kier alpha value is -2.57. The molecule has 3 rings (SSSR count). The zero-order valence-corrected chi connectivity index (χ0v) is 11.4. The van der Waals surface area contributed by atoms with Crippen LogP contribution in [0.25, 0.3) is 5.76 Å². The van der Waals surface area contributed by atoms with Crippen LogP contribution in [-0.4, -0.2) is 11.4 Å². The number of nitrogens with zero attached hydrogens (tertiary/aromatic N) is 1. The van der Waals surface area contributed by atoms with Crippen LogP contribution in [0.2, 0.25) is 0 Å². The van der Waals surface area contributed by atoms with Crippen LogP contribution in [0.1, 0.15) is 23.5 Å². The number of nitriles is 1. The maximum absolute atomic E-state index is 10.0. The third-order valence-electron chi connectivity index (χ3n) is 3.64. The van der Waals surface area contributed by atoms with Gasteiger partial charge in [0.1, 0.15) is 5.76 Å². The van der Waals surface area contributed by atoms with Crippen LogP contribution in [0.4, 0.5) is 0 Å². The summed E-state index contributed by atoms with van der Waals surface area (Å²) in [5.41, 5.74) is 2.40. The Morgan fingerprint density at radius 3 is 2.24 bits per heavy atom.